The minimum absolute atomic E-state index is 0.0744. The summed E-state index contributed by atoms with van der Waals surface area (Å²) < 4.78 is 31.5. The van der Waals surface area contributed by atoms with Gasteiger partial charge in [0.25, 0.3) is 0 Å². The van der Waals surface area contributed by atoms with E-state index in [2.05, 4.69) is 9.46 Å². The first-order valence-corrected chi connectivity index (χ1v) is 8.29. The number of phenolic OH excluding ortho intramolecular Hbond substituents is 1. The SMILES string of the molecule is COC(=O)C(CC1CC1)NS(=O)(=O)c1cccc(Cl)c1O. The van der Waals surface area contributed by atoms with Gasteiger partial charge in [0, 0.05) is 0 Å². The van der Waals surface area contributed by atoms with Gasteiger partial charge in [-0.25, -0.2) is 8.42 Å². The van der Waals surface area contributed by atoms with Crippen LogP contribution in [0.3, 0.4) is 0 Å². The van der Waals surface area contributed by atoms with Gasteiger partial charge in [-0.2, -0.15) is 4.72 Å². The highest BCUT2D eigenvalue weighted by atomic mass is 35.5. The number of ether oxygens (including phenoxy) is 1. The van der Waals surface area contributed by atoms with Crippen LogP contribution in [0, 0.1) is 5.92 Å². The van der Waals surface area contributed by atoms with Gasteiger partial charge in [-0.3, -0.25) is 4.79 Å². The molecule has 1 aliphatic carbocycles. The quantitative estimate of drug-likeness (QED) is 0.772. The Morgan fingerprint density at radius 3 is 2.76 bits per heavy atom. The summed E-state index contributed by atoms with van der Waals surface area (Å²) in [5.74, 6) is -0.863. The van der Waals surface area contributed by atoms with Crippen molar-refractivity contribution in [1.29, 1.82) is 0 Å². The van der Waals surface area contributed by atoms with E-state index in [4.69, 9.17) is 11.6 Å². The topological polar surface area (TPSA) is 92.7 Å². The average Bonchev–Trinajstić information content (AvgIpc) is 3.23. The zero-order valence-corrected chi connectivity index (χ0v) is 12.9. The highest BCUT2D eigenvalue weighted by Crippen LogP contribution is 2.35. The van der Waals surface area contributed by atoms with Crippen LogP contribution in [0.25, 0.3) is 0 Å². The first-order valence-electron chi connectivity index (χ1n) is 6.43. The van der Waals surface area contributed by atoms with Gasteiger partial charge in [-0.15, -0.1) is 0 Å². The molecule has 2 N–H and O–H groups in total. The maximum atomic E-state index is 12.3. The second kappa shape index (κ2) is 6.21. The fourth-order valence-corrected chi connectivity index (χ4v) is 3.53. The first-order chi connectivity index (χ1) is 9.85. The van der Waals surface area contributed by atoms with Crippen molar-refractivity contribution in [2.75, 3.05) is 7.11 Å². The molecule has 1 aromatic carbocycles. The molecule has 1 atom stereocenters. The van der Waals surface area contributed by atoms with Crippen molar-refractivity contribution in [3.05, 3.63) is 23.2 Å². The normalized spacial score (nSPS) is 16.5. The van der Waals surface area contributed by atoms with E-state index in [9.17, 15) is 18.3 Å². The van der Waals surface area contributed by atoms with E-state index >= 15 is 0 Å². The molecule has 0 aliphatic heterocycles. The number of nitrogens with one attached hydrogen (secondary N) is 1. The van der Waals surface area contributed by atoms with E-state index in [1.807, 2.05) is 0 Å². The van der Waals surface area contributed by atoms with Crippen molar-refractivity contribution in [3.8, 4) is 5.75 Å². The third-order valence-electron chi connectivity index (χ3n) is 3.29. The number of phenols is 1. The summed E-state index contributed by atoms with van der Waals surface area (Å²) in [6, 6.07) is 3.03. The van der Waals surface area contributed by atoms with Crippen molar-refractivity contribution in [1.82, 2.24) is 4.72 Å². The third-order valence-corrected chi connectivity index (χ3v) is 5.10. The Labute approximate surface area is 128 Å². The monoisotopic (exact) mass is 333 g/mol. The molecule has 0 saturated heterocycles. The lowest BCUT2D eigenvalue weighted by atomic mass is 10.1. The molecular weight excluding hydrogens is 318 g/mol. The van der Waals surface area contributed by atoms with Crippen LogP contribution in [0.1, 0.15) is 19.3 Å². The molecule has 0 aromatic heterocycles. The molecule has 0 amide bonds. The van der Waals surface area contributed by atoms with E-state index in [-0.39, 0.29) is 9.92 Å². The second-order valence-corrected chi connectivity index (χ2v) is 7.05. The fraction of sp³-hybridized carbons (Fsp3) is 0.462. The zero-order valence-electron chi connectivity index (χ0n) is 11.4. The zero-order chi connectivity index (χ0) is 15.6. The van der Waals surface area contributed by atoms with Gasteiger partial charge in [-0.05, 0) is 24.5 Å². The largest absolute Gasteiger partial charge is 0.505 e. The predicted molar refractivity (Wildman–Crippen MR) is 76.6 cm³/mol. The number of benzene rings is 1. The molecule has 8 heteroatoms. The number of carbonyl (C=O) groups excluding carboxylic acids is 1. The van der Waals surface area contributed by atoms with Crippen LogP contribution in [-0.2, 0) is 19.6 Å². The minimum Gasteiger partial charge on any atom is -0.505 e. The predicted octanol–water partition coefficient (Wildman–Crippen LogP) is 1.67. The molecule has 21 heavy (non-hydrogen) atoms. The molecule has 0 bridgehead atoms. The molecule has 1 fully saturated rings. The van der Waals surface area contributed by atoms with Gasteiger partial charge in [0.15, 0.2) is 5.75 Å². The number of methoxy groups -OCH3 is 1. The molecule has 1 aliphatic rings. The smallest absolute Gasteiger partial charge is 0.323 e. The van der Waals surface area contributed by atoms with Crippen LogP contribution in [-0.4, -0.2) is 32.6 Å². The molecule has 2 rings (SSSR count). The first kappa shape index (κ1) is 16.1. The maximum Gasteiger partial charge on any atom is 0.323 e. The molecule has 0 radical (unpaired) electrons. The van der Waals surface area contributed by atoms with E-state index in [1.165, 1.54) is 25.3 Å². The van der Waals surface area contributed by atoms with Crippen LogP contribution in [0.2, 0.25) is 5.02 Å². The summed E-state index contributed by atoms with van der Waals surface area (Å²) in [6.45, 7) is 0. The number of esters is 1. The Morgan fingerprint density at radius 1 is 1.52 bits per heavy atom. The molecule has 0 spiro atoms. The number of halogens is 1. The second-order valence-electron chi connectivity index (χ2n) is 4.96. The number of para-hydroxylation sites is 1. The molecule has 1 unspecified atom stereocenters. The minimum atomic E-state index is -4.07. The summed E-state index contributed by atoms with van der Waals surface area (Å²) in [5.41, 5.74) is 0. The summed E-state index contributed by atoms with van der Waals surface area (Å²) in [4.78, 5) is 11.3. The van der Waals surface area contributed by atoms with Gasteiger partial charge >= 0.3 is 5.97 Å². The number of aromatic hydroxyl groups is 1. The van der Waals surface area contributed by atoms with Crippen LogP contribution >= 0.6 is 11.6 Å². The van der Waals surface area contributed by atoms with Crippen molar-refractivity contribution >= 4 is 27.6 Å². The van der Waals surface area contributed by atoms with Gasteiger partial charge in [0.1, 0.15) is 10.9 Å². The van der Waals surface area contributed by atoms with E-state index in [0.29, 0.717) is 12.3 Å². The lowest BCUT2D eigenvalue weighted by Crippen LogP contribution is -2.41. The van der Waals surface area contributed by atoms with E-state index < -0.39 is 27.8 Å². The van der Waals surface area contributed by atoms with E-state index in [1.54, 1.807) is 0 Å². The van der Waals surface area contributed by atoms with Crippen molar-refractivity contribution in [2.45, 2.75) is 30.2 Å². The molecular formula is C13H16ClNO5S. The molecule has 6 nitrogen and oxygen atoms in total. The van der Waals surface area contributed by atoms with Gasteiger partial charge in [-0.1, -0.05) is 30.5 Å². The molecule has 1 saturated carbocycles. The van der Waals surface area contributed by atoms with E-state index in [0.717, 1.165) is 12.8 Å². The highest BCUT2D eigenvalue weighted by molar-refractivity contribution is 7.89. The summed E-state index contributed by atoms with van der Waals surface area (Å²) in [6.07, 6.45) is 2.32. The Balaban J connectivity index is 2.25. The fourth-order valence-electron chi connectivity index (χ4n) is 1.98. The van der Waals surface area contributed by atoms with Crippen molar-refractivity contribution < 1.29 is 23.1 Å². The number of hydrogen-bond donors (Lipinski definition) is 2. The van der Waals surface area contributed by atoms with Crippen molar-refractivity contribution in [3.63, 3.8) is 0 Å². The number of sulfonamides is 1. The Kier molecular flexibility index (Phi) is 4.75. The lowest BCUT2D eigenvalue weighted by Gasteiger charge is -2.17. The number of rotatable bonds is 6. The van der Waals surface area contributed by atoms with Gasteiger partial charge < -0.3 is 9.84 Å². The molecule has 0 heterocycles. The Bertz CT molecular complexity index is 642. The highest BCUT2D eigenvalue weighted by Gasteiger charge is 2.34. The average molecular weight is 334 g/mol. The maximum absolute atomic E-state index is 12.3. The van der Waals surface area contributed by atoms with Crippen LogP contribution in [0.15, 0.2) is 23.1 Å². The number of carbonyl (C=O) groups is 1. The third kappa shape index (κ3) is 3.87. The summed E-state index contributed by atoms with van der Waals surface area (Å²) in [5, 5.41) is 9.69. The Hall–Kier alpha value is -1.31. The molecule has 116 valence electrons. The molecule has 1 aromatic rings. The van der Waals surface area contributed by atoms with Gasteiger partial charge in [0.2, 0.25) is 10.0 Å². The summed E-state index contributed by atoms with van der Waals surface area (Å²) >= 11 is 5.71. The van der Waals surface area contributed by atoms with Crippen LogP contribution < -0.4 is 4.72 Å². The van der Waals surface area contributed by atoms with Gasteiger partial charge in [0.05, 0.1) is 12.1 Å². The van der Waals surface area contributed by atoms with Crippen molar-refractivity contribution in [2.24, 2.45) is 5.92 Å². The lowest BCUT2D eigenvalue weighted by molar-refractivity contribution is -0.142. The number of hydrogen-bond acceptors (Lipinski definition) is 5. The standard InChI is InChI=1S/C13H16ClNO5S/c1-20-13(17)10(7-8-5-6-8)15-21(18,19)11-4-2-3-9(14)12(11)16/h2-4,8,10,15-16H,5-7H2,1H3. The Morgan fingerprint density at radius 2 is 2.19 bits per heavy atom. The van der Waals surface area contributed by atoms with Crippen LogP contribution in [0.5, 0.6) is 5.75 Å². The summed E-state index contributed by atoms with van der Waals surface area (Å²) in [7, 11) is -2.87. The van der Waals surface area contributed by atoms with Crippen LogP contribution in [0.4, 0.5) is 0 Å².